The third-order valence-corrected chi connectivity index (χ3v) is 5.24. The molecule has 2 N–H and O–H groups in total. The van der Waals surface area contributed by atoms with Crippen LogP contribution in [-0.2, 0) is 9.47 Å². The maximum absolute atomic E-state index is 5.81. The van der Waals surface area contributed by atoms with E-state index in [9.17, 15) is 0 Å². The molecule has 1 saturated carbocycles. The van der Waals surface area contributed by atoms with Crippen molar-refractivity contribution in [3.8, 4) is 11.5 Å². The van der Waals surface area contributed by atoms with Crippen LogP contribution in [0.2, 0.25) is 0 Å². The number of likely N-dealkylation sites (N-methyl/N-ethyl adjacent to an activating group) is 1. The van der Waals surface area contributed by atoms with Gasteiger partial charge in [-0.15, -0.1) is 24.0 Å². The molecule has 2 aliphatic rings. The Labute approximate surface area is 209 Å². The molecule has 8 nitrogen and oxygen atoms in total. The lowest BCUT2D eigenvalue weighted by atomic mass is 10.2. The minimum absolute atomic E-state index is 0. The Morgan fingerprint density at radius 1 is 1.16 bits per heavy atom. The molecule has 0 aromatic heterocycles. The molecule has 0 radical (unpaired) electrons. The van der Waals surface area contributed by atoms with Crippen molar-refractivity contribution in [3.05, 3.63) is 18.2 Å². The van der Waals surface area contributed by atoms with Gasteiger partial charge < -0.3 is 34.5 Å². The van der Waals surface area contributed by atoms with Crippen molar-refractivity contribution >= 4 is 35.6 Å². The first-order valence-electron chi connectivity index (χ1n) is 11.4. The number of fused-ring (bicyclic) bond motifs is 1. The Morgan fingerprint density at radius 3 is 2.75 bits per heavy atom. The molecular formula is C23H39IN4O4. The zero-order valence-corrected chi connectivity index (χ0v) is 21.8. The Morgan fingerprint density at radius 2 is 1.97 bits per heavy atom. The van der Waals surface area contributed by atoms with Crippen LogP contribution < -0.4 is 20.1 Å². The molecule has 0 bridgehead atoms. The van der Waals surface area contributed by atoms with E-state index >= 15 is 0 Å². The van der Waals surface area contributed by atoms with E-state index in [0.717, 1.165) is 81.4 Å². The first-order valence-corrected chi connectivity index (χ1v) is 11.4. The lowest BCUT2D eigenvalue weighted by Gasteiger charge is -2.18. The Kier molecular flexibility index (Phi) is 13.1. The molecule has 1 aromatic rings. The van der Waals surface area contributed by atoms with Crippen molar-refractivity contribution in [2.24, 2.45) is 10.9 Å². The summed E-state index contributed by atoms with van der Waals surface area (Å²) >= 11 is 0. The van der Waals surface area contributed by atoms with Crippen molar-refractivity contribution in [1.29, 1.82) is 0 Å². The number of anilines is 1. The normalized spacial score (nSPS) is 15.8. The van der Waals surface area contributed by atoms with Gasteiger partial charge in [0.2, 0.25) is 0 Å². The first kappa shape index (κ1) is 26.9. The number of guanidine groups is 1. The van der Waals surface area contributed by atoms with Crippen LogP contribution in [0.5, 0.6) is 11.5 Å². The van der Waals surface area contributed by atoms with Crippen LogP contribution in [0, 0.1) is 5.92 Å². The van der Waals surface area contributed by atoms with Crippen LogP contribution in [0.15, 0.2) is 23.2 Å². The summed E-state index contributed by atoms with van der Waals surface area (Å²) in [7, 11) is 3.82. The highest BCUT2D eigenvalue weighted by atomic mass is 127. The molecule has 0 spiro atoms. The van der Waals surface area contributed by atoms with E-state index in [-0.39, 0.29) is 24.0 Å². The summed E-state index contributed by atoms with van der Waals surface area (Å²) in [5.74, 6) is 3.13. The second-order valence-corrected chi connectivity index (χ2v) is 8.16. The van der Waals surface area contributed by atoms with E-state index in [1.165, 1.54) is 12.8 Å². The van der Waals surface area contributed by atoms with Gasteiger partial charge in [-0.25, -0.2) is 0 Å². The average Bonchev–Trinajstić information content (AvgIpc) is 3.61. The Bertz CT molecular complexity index is 688. The van der Waals surface area contributed by atoms with E-state index in [2.05, 4.69) is 22.6 Å². The third kappa shape index (κ3) is 10.5. The largest absolute Gasteiger partial charge is 0.490 e. The van der Waals surface area contributed by atoms with Gasteiger partial charge >= 0.3 is 0 Å². The van der Waals surface area contributed by atoms with E-state index in [0.29, 0.717) is 19.8 Å². The van der Waals surface area contributed by atoms with Crippen molar-refractivity contribution < 1.29 is 18.9 Å². The molecule has 32 heavy (non-hydrogen) atoms. The maximum atomic E-state index is 5.81. The van der Waals surface area contributed by atoms with Crippen LogP contribution in [-0.4, -0.2) is 84.2 Å². The molecule has 1 heterocycles. The first-order chi connectivity index (χ1) is 15.2. The number of aliphatic imine (C=N–C) groups is 1. The molecule has 1 aromatic carbocycles. The molecule has 1 fully saturated rings. The van der Waals surface area contributed by atoms with Gasteiger partial charge in [-0.3, -0.25) is 4.99 Å². The Hall–Kier alpha value is -1.30. The van der Waals surface area contributed by atoms with Gasteiger partial charge in [0.15, 0.2) is 17.5 Å². The van der Waals surface area contributed by atoms with Crippen molar-refractivity contribution in [2.75, 3.05) is 78.7 Å². The zero-order valence-electron chi connectivity index (χ0n) is 19.4. The second-order valence-electron chi connectivity index (χ2n) is 8.16. The summed E-state index contributed by atoms with van der Waals surface area (Å²) in [4.78, 5) is 6.97. The number of benzene rings is 1. The van der Waals surface area contributed by atoms with Crippen LogP contribution >= 0.6 is 24.0 Å². The molecule has 0 saturated heterocycles. The Balaban J connectivity index is 0.00000363. The van der Waals surface area contributed by atoms with Gasteiger partial charge in [-0.05, 0) is 44.4 Å². The topological polar surface area (TPSA) is 76.6 Å². The predicted molar refractivity (Wildman–Crippen MR) is 139 cm³/mol. The minimum atomic E-state index is 0. The van der Waals surface area contributed by atoms with Crippen LogP contribution in [0.4, 0.5) is 5.69 Å². The maximum Gasteiger partial charge on any atom is 0.195 e. The fourth-order valence-corrected chi connectivity index (χ4v) is 3.13. The second kappa shape index (κ2) is 15.5. The summed E-state index contributed by atoms with van der Waals surface area (Å²) < 4.78 is 22.4. The summed E-state index contributed by atoms with van der Waals surface area (Å²) in [6.07, 6.45) is 4.45. The van der Waals surface area contributed by atoms with E-state index in [1.54, 1.807) is 7.11 Å². The van der Waals surface area contributed by atoms with Crippen molar-refractivity contribution in [3.63, 3.8) is 0 Å². The molecule has 0 amide bonds. The smallest absolute Gasteiger partial charge is 0.195 e. The van der Waals surface area contributed by atoms with Gasteiger partial charge in [0, 0.05) is 64.7 Å². The summed E-state index contributed by atoms with van der Waals surface area (Å²) in [5.41, 5.74) is 0.924. The fourth-order valence-electron chi connectivity index (χ4n) is 3.13. The summed E-state index contributed by atoms with van der Waals surface area (Å²) in [6, 6.07) is 5.92. The monoisotopic (exact) mass is 562 g/mol. The molecule has 9 heteroatoms. The number of hydrogen-bond donors (Lipinski definition) is 2. The van der Waals surface area contributed by atoms with Gasteiger partial charge in [0.05, 0.1) is 19.8 Å². The fraction of sp³-hybridized carbons (Fsp3) is 0.696. The number of halogens is 1. The molecule has 3 rings (SSSR count). The number of nitrogens with zero attached hydrogens (tertiary/aromatic N) is 2. The van der Waals surface area contributed by atoms with Crippen molar-refractivity contribution in [2.45, 2.75) is 25.7 Å². The quantitative estimate of drug-likeness (QED) is 0.166. The molecule has 0 unspecified atom stereocenters. The molecular weight excluding hydrogens is 523 g/mol. The standard InChI is InChI=1S/C23H38N4O4.HI/c1-27(12-16-28-2)11-10-25-23(24-9-3-13-29-18-19-5-6-19)26-20-7-8-21-22(17-20)31-15-4-14-30-21;/h7-8,17,19H,3-6,9-16,18H2,1-2H3,(H2,24,25,26);1H. The number of methoxy groups -OCH3 is 1. The van der Waals surface area contributed by atoms with Gasteiger partial charge in [-0.2, -0.15) is 0 Å². The van der Waals surface area contributed by atoms with Gasteiger partial charge in [0.25, 0.3) is 0 Å². The van der Waals surface area contributed by atoms with E-state index in [4.69, 9.17) is 23.9 Å². The predicted octanol–water partition coefficient (Wildman–Crippen LogP) is 3.22. The van der Waals surface area contributed by atoms with E-state index < -0.39 is 0 Å². The lowest BCUT2D eigenvalue weighted by molar-refractivity contribution is 0.123. The zero-order chi connectivity index (χ0) is 21.7. The highest BCUT2D eigenvalue weighted by Crippen LogP contribution is 2.32. The summed E-state index contributed by atoms with van der Waals surface area (Å²) in [5, 5.41) is 6.84. The number of nitrogens with one attached hydrogen (secondary N) is 2. The van der Waals surface area contributed by atoms with Crippen LogP contribution in [0.25, 0.3) is 0 Å². The van der Waals surface area contributed by atoms with E-state index in [1.807, 2.05) is 18.2 Å². The number of hydrogen-bond acceptors (Lipinski definition) is 6. The lowest BCUT2D eigenvalue weighted by Crippen LogP contribution is -2.37. The van der Waals surface area contributed by atoms with Crippen LogP contribution in [0.1, 0.15) is 25.7 Å². The number of ether oxygens (including phenoxy) is 4. The summed E-state index contributed by atoms with van der Waals surface area (Å²) in [6.45, 7) is 7.05. The van der Waals surface area contributed by atoms with Crippen molar-refractivity contribution in [1.82, 2.24) is 10.2 Å². The highest BCUT2D eigenvalue weighted by Gasteiger charge is 2.20. The number of rotatable bonds is 13. The average molecular weight is 562 g/mol. The molecule has 182 valence electrons. The van der Waals surface area contributed by atoms with Gasteiger partial charge in [-0.1, -0.05) is 0 Å². The molecule has 1 aliphatic heterocycles. The van der Waals surface area contributed by atoms with Gasteiger partial charge in [0.1, 0.15) is 0 Å². The highest BCUT2D eigenvalue weighted by molar-refractivity contribution is 14.0. The molecule has 1 aliphatic carbocycles. The molecule has 0 atom stereocenters. The minimum Gasteiger partial charge on any atom is -0.490 e. The van der Waals surface area contributed by atoms with Crippen LogP contribution in [0.3, 0.4) is 0 Å². The third-order valence-electron chi connectivity index (χ3n) is 5.24. The SMILES string of the molecule is COCCN(C)CCNC(=NCCCOCC1CC1)Nc1ccc2c(c1)OCCCO2.I.